The average molecular weight is 423 g/mol. The second-order valence-corrected chi connectivity index (χ2v) is 7.89. The molecule has 1 aromatic carbocycles. The average Bonchev–Trinajstić information content (AvgIpc) is 2.77. The number of aryl methyl sites for hydroxylation is 2. The van der Waals surface area contributed by atoms with E-state index in [9.17, 15) is 9.59 Å². The zero-order valence-corrected chi connectivity index (χ0v) is 18.1. The highest BCUT2D eigenvalue weighted by Gasteiger charge is 2.23. The van der Waals surface area contributed by atoms with E-state index in [2.05, 4.69) is 27.2 Å². The summed E-state index contributed by atoms with van der Waals surface area (Å²) < 4.78 is 0. The maximum absolute atomic E-state index is 11.9. The van der Waals surface area contributed by atoms with Gasteiger partial charge in [0, 0.05) is 43.0 Å². The number of carbonyl (C=O) groups excluding carboxylic acids is 2. The van der Waals surface area contributed by atoms with Crippen LogP contribution in [0, 0.1) is 13.8 Å². The first-order valence-corrected chi connectivity index (χ1v) is 10.5. The van der Waals surface area contributed by atoms with Crippen LogP contribution in [0.25, 0.3) is 0 Å². The summed E-state index contributed by atoms with van der Waals surface area (Å²) in [5.74, 6) is 1.08. The topological polar surface area (TPSA) is 113 Å². The molecule has 2 heterocycles. The van der Waals surface area contributed by atoms with Crippen LogP contribution in [0.3, 0.4) is 0 Å². The molecule has 1 amide bonds. The quantitative estimate of drug-likeness (QED) is 0.560. The van der Waals surface area contributed by atoms with Crippen LogP contribution in [0.1, 0.15) is 29.5 Å². The lowest BCUT2D eigenvalue weighted by atomic mass is 10.0. The summed E-state index contributed by atoms with van der Waals surface area (Å²) in [7, 11) is 0. The number of anilines is 3. The van der Waals surface area contributed by atoms with Crippen LogP contribution in [0.2, 0.25) is 0 Å². The van der Waals surface area contributed by atoms with E-state index in [1.165, 1.54) is 6.08 Å². The van der Waals surface area contributed by atoms with Gasteiger partial charge in [0.15, 0.2) is 5.78 Å². The van der Waals surface area contributed by atoms with Gasteiger partial charge in [0.25, 0.3) is 0 Å². The summed E-state index contributed by atoms with van der Waals surface area (Å²) in [6, 6.07) is 6.00. The van der Waals surface area contributed by atoms with E-state index in [-0.39, 0.29) is 30.7 Å². The fourth-order valence-corrected chi connectivity index (χ4v) is 3.65. The van der Waals surface area contributed by atoms with E-state index in [1.54, 1.807) is 11.1 Å². The van der Waals surface area contributed by atoms with E-state index >= 15 is 0 Å². The Balaban J connectivity index is 1.77. The number of likely N-dealkylation sites (tertiary alicyclic amines) is 1. The molecule has 31 heavy (non-hydrogen) atoms. The Labute approximate surface area is 182 Å². The molecule has 8 nitrogen and oxygen atoms in total. The van der Waals surface area contributed by atoms with Gasteiger partial charge in [0.1, 0.15) is 5.82 Å². The maximum atomic E-state index is 11.9. The number of piperidine rings is 1. The largest absolute Gasteiger partial charge is 0.350 e. The Bertz CT molecular complexity index is 975. The minimum absolute atomic E-state index is 0.0229. The number of benzene rings is 1. The number of hydrogen-bond acceptors (Lipinski definition) is 7. The van der Waals surface area contributed by atoms with Crippen molar-refractivity contribution in [3.63, 3.8) is 0 Å². The molecule has 4 N–H and O–H groups in total. The minimum atomic E-state index is -0.0420. The summed E-state index contributed by atoms with van der Waals surface area (Å²) in [6.07, 6.45) is 5.21. The van der Waals surface area contributed by atoms with Crippen LogP contribution in [-0.2, 0) is 16.0 Å². The predicted octanol–water partition coefficient (Wildman–Crippen LogP) is 2.50. The van der Waals surface area contributed by atoms with E-state index in [0.717, 1.165) is 41.8 Å². The SMILES string of the molecule is C=CC(=O)Cc1cc(C)ccc1Nc1nc(N[C@H]2CCCN(C(=O)CN)C2)ncc1C. The van der Waals surface area contributed by atoms with Crippen LogP contribution in [0.4, 0.5) is 17.5 Å². The first kappa shape index (κ1) is 22.4. The van der Waals surface area contributed by atoms with E-state index in [0.29, 0.717) is 18.3 Å². The molecule has 2 aromatic rings. The molecule has 3 rings (SSSR count). The van der Waals surface area contributed by atoms with Gasteiger partial charge < -0.3 is 21.3 Å². The van der Waals surface area contributed by atoms with Crippen molar-refractivity contribution in [1.82, 2.24) is 14.9 Å². The second kappa shape index (κ2) is 10.2. The summed E-state index contributed by atoms with van der Waals surface area (Å²) in [4.78, 5) is 34.7. The Morgan fingerprint density at radius 1 is 1.35 bits per heavy atom. The third-order valence-electron chi connectivity index (χ3n) is 5.36. The lowest BCUT2D eigenvalue weighted by Crippen LogP contribution is -2.47. The zero-order valence-electron chi connectivity index (χ0n) is 18.1. The molecule has 1 fully saturated rings. The number of aromatic nitrogens is 2. The summed E-state index contributed by atoms with van der Waals surface area (Å²) >= 11 is 0. The van der Waals surface area contributed by atoms with Crippen molar-refractivity contribution < 1.29 is 9.59 Å². The Morgan fingerprint density at radius 3 is 2.90 bits per heavy atom. The smallest absolute Gasteiger partial charge is 0.236 e. The fraction of sp³-hybridized carbons (Fsp3) is 0.391. The highest BCUT2D eigenvalue weighted by Crippen LogP contribution is 2.25. The van der Waals surface area contributed by atoms with Gasteiger partial charge in [0.05, 0.1) is 6.54 Å². The summed E-state index contributed by atoms with van der Waals surface area (Å²) in [5, 5.41) is 6.70. The molecule has 1 saturated heterocycles. The number of nitrogens with two attached hydrogens (primary N) is 1. The molecule has 0 aliphatic carbocycles. The lowest BCUT2D eigenvalue weighted by molar-refractivity contribution is -0.130. The van der Waals surface area contributed by atoms with Crippen LogP contribution < -0.4 is 16.4 Å². The van der Waals surface area contributed by atoms with Crippen LogP contribution >= 0.6 is 0 Å². The van der Waals surface area contributed by atoms with Gasteiger partial charge >= 0.3 is 0 Å². The monoisotopic (exact) mass is 422 g/mol. The highest BCUT2D eigenvalue weighted by atomic mass is 16.2. The molecule has 164 valence electrons. The Hall–Kier alpha value is -3.26. The molecular weight excluding hydrogens is 392 g/mol. The third-order valence-corrected chi connectivity index (χ3v) is 5.36. The first-order valence-electron chi connectivity index (χ1n) is 10.5. The van der Waals surface area contributed by atoms with Crippen molar-refractivity contribution >= 4 is 29.1 Å². The van der Waals surface area contributed by atoms with Crippen molar-refractivity contribution in [2.75, 3.05) is 30.3 Å². The zero-order chi connectivity index (χ0) is 22.4. The Kier molecular flexibility index (Phi) is 7.36. The van der Waals surface area contributed by atoms with E-state index in [1.807, 2.05) is 32.0 Å². The second-order valence-electron chi connectivity index (χ2n) is 7.89. The maximum Gasteiger partial charge on any atom is 0.236 e. The fourth-order valence-electron chi connectivity index (χ4n) is 3.65. The highest BCUT2D eigenvalue weighted by molar-refractivity contribution is 5.92. The number of allylic oxidation sites excluding steroid dienone is 1. The van der Waals surface area contributed by atoms with E-state index < -0.39 is 0 Å². The van der Waals surface area contributed by atoms with Gasteiger partial charge in [-0.3, -0.25) is 9.59 Å². The number of nitrogens with one attached hydrogen (secondary N) is 2. The molecule has 0 spiro atoms. The molecule has 1 aliphatic heterocycles. The van der Waals surface area contributed by atoms with Gasteiger partial charge in [-0.15, -0.1) is 0 Å². The standard InChI is InChI=1S/C23H30N6O2/c1-4-19(30)11-17-10-15(2)7-8-20(17)27-22-16(3)13-25-23(28-22)26-18-6-5-9-29(14-18)21(31)12-24/h4,7-8,10,13,18H,1,5-6,9,11-12,14,24H2,2-3H3,(H2,25,26,27,28)/t18-/m0/s1. The van der Waals surface area contributed by atoms with Crippen molar-refractivity contribution in [3.05, 3.63) is 53.7 Å². The van der Waals surface area contributed by atoms with Gasteiger partial charge in [-0.1, -0.05) is 24.3 Å². The number of ketones is 1. The van der Waals surface area contributed by atoms with Crippen molar-refractivity contribution in [3.8, 4) is 0 Å². The van der Waals surface area contributed by atoms with Crippen LogP contribution in [-0.4, -0.2) is 52.2 Å². The Morgan fingerprint density at radius 2 is 2.16 bits per heavy atom. The third kappa shape index (κ3) is 5.88. The van der Waals surface area contributed by atoms with Crippen molar-refractivity contribution in [1.29, 1.82) is 0 Å². The van der Waals surface area contributed by atoms with Crippen LogP contribution in [0.5, 0.6) is 0 Å². The number of amides is 1. The van der Waals surface area contributed by atoms with Crippen molar-refractivity contribution in [2.24, 2.45) is 5.73 Å². The summed E-state index contributed by atoms with van der Waals surface area (Å²) in [5.41, 5.74) is 9.18. The first-order chi connectivity index (χ1) is 14.9. The molecule has 1 atom stereocenters. The molecule has 0 unspecified atom stereocenters. The summed E-state index contributed by atoms with van der Waals surface area (Å²) in [6.45, 7) is 8.83. The predicted molar refractivity (Wildman–Crippen MR) is 122 cm³/mol. The molecule has 8 heteroatoms. The lowest BCUT2D eigenvalue weighted by Gasteiger charge is -2.33. The van der Waals surface area contributed by atoms with Gasteiger partial charge in [-0.2, -0.15) is 4.98 Å². The molecule has 1 aliphatic rings. The van der Waals surface area contributed by atoms with Crippen LogP contribution in [0.15, 0.2) is 37.1 Å². The number of rotatable bonds is 8. The molecule has 0 radical (unpaired) electrons. The minimum Gasteiger partial charge on any atom is -0.350 e. The molecule has 1 aromatic heterocycles. The van der Waals surface area contributed by atoms with Gasteiger partial charge in [0.2, 0.25) is 11.9 Å². The molecular formula is C23H30N6O2. The van der Waals surface area contributed by atoms with E-state index in [4.69, 9.17) is 5.73 Å². The van der Waals surface area contributed by atoms with Crippen molar-refractivity contribution in [2.45, 2.75) is 39.2 Å². The molecule has 0 bridgehead atoms. The number of carbonyl (C=O) groups is 2. The number of hydrogen-bond donors (Lipinski definition) is 3. The van der Waals surface area contributed by atoms with Gasteiger partial charge in [-0.25, -0.2) is 4.98 Å². The van der Waals surface area contributed by atoms with Gasteiger partial charge in [-0.05, 0) is 44.4 Å². The normalized spacial score (nSPS) is 16.0. The number of nitrogens with zero attached hydrogens (tertiary/aromatic N) is 3. The molecule has 0 saturated carbocycles.